The summed E-state index contributed by atoms with van der Waals surface area (Å²) in [4.78, 5) is 14.1. The summed E-state index contributed by atoms with van der Waals surface area (Å²) in [5, 5.41) is 0.843. The van der Waals surface area contributed by atoms with Crippen LogP contribution in [0.15, 0.2) is 36.4 Å². The molecular formula is C16H12Cl3NO2. The highest BCUT2D eigenvalue weighted by Gasteiger charge is 2.24. The van der Waals surface area contributed by atoms with Gasteiger partial charge in [0.15, 0.2) is 5.75 Å². The van der Waals surface area contributed by atoms with Gasteiger partial charge in [-0.2, -0.15) is 0 Å². The van der Waals surface area contributed by atoms with E-state index in [1.54, 1.807) is 4.90 Å². The van der Waals surface area contributed by atoms with Gasteiger partial charge in [-0.05, 0) is 30.5 Å². The zero-order valence-electron chi connectivity index (χ0n) is 11.5. The van der Waals surface area contributed by atoms with Gasteiger partial charge in [0.1, 0.15) is 0 Å². The van der Waals surface area contributed by atoms with Gasteiger partial charge < -0.3 is 4.74 Å². The first-order valence-corrected chi connectivity index (χ1v) is 7.91. The van der Waals surface area contributed by atoms with Crippen LogP contribution in [0.25, 0.3) is 0 Å². The minimum Gasteiger partial charge on any atom is -0.408 e. The molecule has 0 atom stereocenters. The molecule has 6 heteroatoms. The van der Waals surface area contributed by atoms with Crippen LogP contribution in [-0.4, -0.2) is 12.6 Å². The van der Waals surface area contributed by atoms with E-state index in [2.05, 4.69) is 0 Å². The number of benzene rings is 2. The number of amides is 1. The summed E-state index contributed by atoms with van der Waals surface area (Å²) >= 11 is 17.9. The Bertz CT molecular complexity index is 733. The number of ether oxygens (including phenoxy) is 1. The number of rotatable bonds is 1. The third kappa shape index (κ3) is 3.02. The lowest BCUT2D eigenvalue weighted by atomic mass is 10.0. The fourth-order valence-corrected chi connectivity index (χ4v) is 3.03. The predicted molar refractivity (Wildman–Crippen MR) is 89.6 cm³/mol. The van der Waals surface area contributed by atoms with Gasteiger partial charge in [-0.15, -0.1) is 0 Å². The van der Waals surface area contributed by atoms with Crippen molar-refractivity contribution in [2.24, 2.45) is 0 Å². The summed E-state index contributed by atoms with van der Waals surface area (Å²) in [5.74, 6) is 0.198. The van der Waals surface area contributed by atoms with Crippen LogP contribution in [0.4, 0.5) is 10.5 Å². The lowest BCUT2D eigenvalue weighted by Crippen LogP contribution is -2.37. The van der Waals surface area contributed by atoms with Crippen molar-refractivity contribution in [1.29, 1.82) is 0 Å². The first-order valence-electron chi connectivity index (χ1n) is 6.78. The Kier molecular flexibility index (Phi) is 4.48. The molecule has 1 amide bonds. The van der Waals surface area contributed by atoms with E-state index in [0.717, 1.165) is 24.1 Å². The molecule has 0 fully saturated rings. The number of halogens is 3. The van der Waals surface area contributed by atoms with E-state index in [4.69, 9.17) is 39.5 Å². The highest BCUT2D eigenvalue weighted by atomic mass is 35.5. The molecule has 1 aliphatic heterocycles. The SMILES string of the molecule is O=C(Oc1cc(Cl)c(Cl)cc1Cl)N1CCCc2ccccc21. The molecule has 0 radical (unpaired) electrons. The maximum Gasteiger partial charge on any atom is 0.419 e. The number of aryl methyl sites for hydroxylation is 1. The van der Waals surface area contributed by atoms with Crippen LogP contribution in [0.3, 0.4) is 0 Å². The number of para-hydroxylation sites is 1. The second-order valence-corrected chi connectivity index (χ2v) is 6.17. The van der Waals surface area contributed by atoms with Crippen LogP contribution < -0.4 is 9.64 Å². The number of carbonyl (C=O) groups excluding carboxylic acids is 1. The first kappa shape index (κ1) is 15.5. The monoisotopic (exact) mass is 355 g/mol. The number of fused-ring (bicyclic) bond motifs is 1. The third-order valence-electron chi connectivity index (χ3n) is 3.50. The summed E-state index contributed by atoms with van der Waals surface area (Å²) in [5.41, 5.74) is 2.00. The Morgan fingerprint density at radius 1 is 1.05 bits per heavy atom. The fourth-order valence-electron chi connectivity index (χ4n) is 2.45. The van der Waals surface area contributed by atoms with E-state index >= 15 is 0 Å². The van der Waals surface area contributed by atoms with Crippen LogP contribution in [0.2, 0.25) is 15.1 Å². The Balaban J connectivity index is 1.86. The van der Waals surface area contributed by atoms with Crippen molar-refractivity contribution >= 4 is 46.6 Å². The molecule has 3 rings (SSSR count). The highest BCUT2D eigenvalue weighted by molar-refractivity contribution is 6.43. The van der Waals surface area contributed by atoms with Crippen LogP contribution in [0, 0.1) is 0 Å². The van der Waals surface area contributed by atoms with E-state index < -0.39 is 6.09 Å². The number of nitrogens with zero attached hydrogens (tertiary/aromatic N) is 1. The van der Waals surface area contributed by atoms with E-state index in [0.29, 0.717) is 11.6 Å². The molecule has 0 N–H and O–H groups in total. The molecule has 0 saturated carbocycles. The van der Waals surface area contributed by atoms with Gasteiger partial charge in [-0.3, -0.25) is 4.90 Å². The van der Waals surface area contributed by atoms with Crippen LogP contribution in [-0.2, 0) is 6.42 Å². The molecule has 0 bridgehead atoms. The lowest BCUT2D eigenvalue weighted by molar-refractivity contribution is 0.207. The largest absolute Gasteiger partial charge is 0.419 e. The topological polar surface area (TPSA) is 29.5 Å². The van der Waals surface area contributed by atoms with E-state index in [1.165, 1.54) is 12.1 Å². The van der Waals surface area contributed by atoms with Gasteiger partial charge >= 0.3 is 6.09 Å². The molecule has 0 spiro atoms. The maximum atomic E-state index is 12.4. The van der Waals surface area contributed by atoms with Crippen LogP contribution in [0.1, 0.15) is 12.0 Å². The van der Waals surface area contributed by atoms with Gasteiger partial charge in [-0.25, -0.2) is 4.79 Å². The summed E-state index contributed by atoms with van der Waals surface area (Å²) in [6.45, 7) is 0.606. The Morgan fingerprint density at radius 2 is 1.77 bits per heavy atom. The molecule has 2 aromatic carbocycles. The molecule has 2 aromatic rings. The molecule has 1 aliphatic rings. The molecule has 0 saturated heterocycles. The van der Waals surface area contributed by atoms with Crippen molar-refractivity contribution in [2.75, 3.05) is 11.4 Å². The number of anilines is 1. The summed E-state index contributed by atoms with van der Waals surface area (Å²) in [6, 6.07) is 10.7. The van der Waals surface area contributed by atoms with Gasteiger partial charge in [-0.1, -0.05) is 53.0 Å². The predicted octanol–water partition coefficient (Wildman–Crippen LogP) is 5.60. The molecule has 3 nitrogen and oxygen atoms in total. The van der Waals surface area contributed by atoms with E-state index in [9.17, 15) is 4.79 Å². The Labute approximate surface area is 143 Å². The Morgan fingerprint density at radius 3 is 2.59 bits per heavy atom. The maximum absolute atomic E-state index is 12.4. The Hall–Kier alpha value is -1.42. The zero-order valence-corrected chi connectivity index (χ0v) is 13.8. The van der Waals surface area contributed by atoms with Crippen molar-refractivity contribution in [3.63, 3.8) is 0 Å². The molecule has 1 heterocycles. The quantitative estimate of drug-likeness (QED) is 0.623. The number of hydrogen-bond acceptors (Lipinski definition) is 2. The smallest absolute Gasteiger partial charge is 0.408 e. The summed E-state index contributed by atoms with van der Waals surface area (Å²) < 4.78 is 5.39. The third-order valence-corrected chi connectivity index (χ3v) is 4.52. The van der Waals surface area contributed by atoms with Crippen molar-refractivity contribution in [3.05, 3.63) is 57.0 Å². The van der Waals surface area contributed by atoms with Crippen molar-refractivity contribution in [1.82, 2.24) is 0 Å². The van der Waals surface area contributed by atoms with Crippen molar-refractivity contribution < 1.29 is 9.53 Å². The molecule has 114 valence electrons. The van der Waals surface area contributed by atoms with Crippen molar-refractivity contribution in [2.45, 2.75) is 12.8 Å². The van der Waals surface area contributed by atoms with E-state index in [-0.39, 0.29) is 15.8 Å². The van der Waals surface area contributed by atoms with Gasteiger partial charge in [0.05, 0.1) is 20.8 Å². The van der Waals surface area contributed by atoms with Crippen molar-refractivity contribution in [3.8, 4) is 5.75 Å². The standard InChI is InChI=1S/C16H12Cl3NO2/c17-11-8-13(19)15(9-12(11)18)22-16(21)20-7-3-5-10-4-1-2-6-14(10)20/h1-2,4,6,8-9H,3,5,7H2. The number of hydrogen-bond donors (Lipinski definition) is 0. The summed E-state index contributed by atoms with van der Waals surface area (Å²) in [7, 11) is 0. The second kappa shape index (κ2) is 6.37. The minimum atomic E-state index is -0.479. The van der Waals surface area contributed by atoms with Crippen LogP contribution in [0.5, 0.6) is 5.75 Å². The molecular weight excluding hydrogens is 345 g/mol. The highest BCUT2D eigenvalue weighted by Crippen LogP contribution is 2.35. The molecule has 0 aliphatic carbocycles. The average molecular weight is 357 g/mol. The fraction of sp³-hybridized carbons (Fsp3) is 0.188. The second-order valence-electron chi connectivity index (χ2n) is 4.95. The minimum absolute atomic E-state index is 0.198. The number of carbonyl (C=O) groups is 1. The van der Waals surface area contributed by atoms with Crippen LogP contribution >= 0.6 is 34.8 Å². The average Bonchev–Trinajstić information content (AvgIpc) is 2.52. The lowest BCUT2D eigenvalue weighted by Gasteiger charge is -2.28. The van der Waals surface area contributed by atoms with Gasteiger partial charge in [0.25, 0.3) is 0 Å². The zero-order chi connectivity index (χ0) is 15.7. The summed E-state index contributed by atoms with van der Waals surface area (Å²) in [6.07, 6.45) is 1.36. The molecule has 22 heavy (non-hydrogen) atoms. The van der Waals surface area contributed by atoms with Gasteiger partial charge in [0, 0.05) is 12.6 Å². The van der Waals surface area contributed by atoms with Gasteiger partial charge in [0.2, 0.25) is 0 Å². The first-order chi connectivity index (χ1) is 10.6. The molecule has 0 unspecified atom stereocenters. The normalized spacial score (nSPS) is 13.7. The van der Waals surface area contributed by atoms with E-state index in [1.807, 2.05) is 24.3 Å². The molecule has 0 aromatic heterocycles.